The molecule has 2 heteroatoms. The molecule has 0 saturated carbocycles. The fourth-order valence-corrected chi connectivity index (χ4v) is 9.26. The Kier molecular flexibility index (Phi) is 9.38. The molecular formula is C50H50N2. The van der Waals surface area contributed by atoms with Gasteiger partial charge in [0.05, 0.1) is 23.5 Å². The van der Waals surface area contributed by atoms with Gasteiger partial charge in [0.1, 0.15) is 0 Å². The zero-order valence-corrected chi connectivity index (χ0v) is 30.2. The average Bonchev–Trinajstić information content (AvgIpc) is 3.23. The molecule has 260 valence electrons. The van der Waals surface area contributed by atoms with Gasteiger partial charge in [0.15, 0.2) is 0 Å². The maximum absolute atomic E-state index is 2.71. The van der Waals surface area contributed by atoms with Gasteiger partial charge in [0, 0.05) is 38.5 Å². The summed E-state index contributed by atoms with van der Waals surface area (Å²) in [4.78, 5) is 5.42. The topological polar surface area (TPSA) is 6.48 Å². The third kappa shape index (κ3) is 6.34. The van der Waals surface area contributed by atoms with Gasteiger partial charge in [-0.15, -0.1) is 0 Å². The van der Waals surface area contributed by atoms with Gasteiger partial charge in [-0.1, -0.05) is 146 Å². The third-order valence-electron chi connectivity index (χ3n) is 11.9. The zero-order valence-electron chi connectivity index (χ0n) is 30.2. The molecule has 52 heavy (non-hydrogen) atoms. The summed E-state index contributed by atoms with van der Waals surface area (Å²) in [6.07, 6.45) is 66.2. The quantitative estimate of drug-likeness (QED) is 0.256. The van der Waals surface area contributed by atoms with Crippen LogP contribution in [0.25, 0.3) is 22.9 Å². The van der Waals surface area contributed by atoms with E-state index in [2.05, 4.69) is 174 Å². The van der Waals surface area contributed by atoms with Gasteiger partial charge in [0.25, 0.3) is 0 Å². The van der Waals surface area contributed by atoms with Crippen molar-refractivity contribution >= 4 is 34.3 Å². The summed E-state index contributed by atoms with van der Waals surface area (Å²) in [5.41, 5.74) is 6.78. The molecule has 0 saturated heterocycles. The van der Waals surface area contributed by atoms with Gasteiger partial charge in [-0.3, -0.25) is 0 Å². The van der Waals surface area contributed by atoms with Gasteiger partial charge >= 0.3 is 0 Å². The highest BCUT2D eigenvalue weighted by molar-refractivity contribution is 6.05. The summed E-state index contributed by atoms with van der Waals surface area (Å²) in [6.45, 7) is 0. The van der Waals surface area contributed by atoms with E-state index in [0.717, 1.165) is 57.8 Å². The average molecular weight is 679 g/mol. The van der Waals surface area contributed by atoms with Gasteiger partial charge < -0.3 is 9.80 Å². The maximum atomic E-state index is 2.71. The SMILES string of the molecule is C1=CCC(c2ccc3c(N(C4=CCCC=C4)C4C=CC=CC4)c4c(c(N(C5=CCCC=C5)C5C=CC=CC5)c3c2)=CCC(C2C=CC=CC2)C=4)C=C1. The van der Waals surface area contributed by atoms with E-state index in [1.54, 1.807) is 0 Å². The molecule has 0 amide bonds. The Labute approximate surface area is 310 Å². The van der Waals surface area contributed by atoms with Crippen LogP contribution < -0.4 is 20.2 Å². The van der Waals surface area contributed by atoms with Crippen LogP contribution in [0.5, 0.6) is 0 Å². The summed E-state index contributed by atoms with van der Waals surface area (Å²) >= 11 is 0. The Bertz CT molecular complexity index is 2220. The molecule has 2 aromatic rings. The highest BCUT2D eigenvalue weighted by Crippen LogP contribution is 2.41. The number of hydrogen-bond acceptors (Lipinski definition) is 2. The number of benzene rings is 2. The highest BCUT2D eigenvalue weighted by atomic mass is 15.2. The van der Waals surface area contributed by atoms with Crippen LogP contribution in [0, 0.1) is 11.8 Å². The van der Waals surface area contributed by atoms with Crippen molar-refractivity contribution in [2.45, 2.75) is 75.8 Å². The van der Waals surface area contributed by atoms with E-state index in [1.807, 2.05) is 0 Å². The molecule has 0 spiro atoms. The van der Waals surface area contributed by atoms with Crippen LogP contribution in [0.15, 0.2) is 163 Å². The lowest BCUT2D eigenvalue weighted by atomic mass is 9.80. The Morgan fingerprint density at radius 2 is 1.08 bits per heavy atom. The molecule has 0 bridgehead atoms. The van der Waals surface area contributed by atoms with Crippen LogP contribution in [-0.2, 0) is 0 Å². The normalized spacial score (nSPS) is 26.9. The first-order valence-electron chi connectivity index (χ1n) is 19.8. The predicted molar refractivity (Wildman–Crippen MR) is 224 cm³/mol. The van der Waals surface area contributed by atoms with Crippen molar-refractivity contribution in [3.8, 4) is 0 Å². The largest absolute Gasteiger partial charge is 0.333 e. The number of allylic oxidation sites excluding steroid dienone is 18. The van der Waals surface area contributed by atoms with E-state index in [-0.39, 0.29) is 12.1 Å². The molecule has 2 nitrogen and oxygen atoms in total. The molecule has 9 rings (SSSR count). The molecular weight excluding hydrogens is 629 g/mol. The van der Waals surface area contributed by atoms with Crippen molar-refractivity contribution in [3.63, 3.8) is 0 Å². The van der Waals surface area contributed by atoms with Gasteiger partial charge in [-0.05, 0) is 93.4 Å². The fourth-order valence-electron chi connectivity index (χ4n) is 9.26. The van der Waals surface area contributed by atoms with Gasteiger partial charge in [0.2, 0.25) is 0 Å². The smallest absolute Gasteiger partial charge is 0.0574 e. The van der Waals surface area contributed by atoms with Crippen molar-refractivity contribution in [2.24, 2.45) is 11.8 Å². The molecule has 0 radical (unpaired) electrons. The number of nitrogens with zero attached hydrogens (tertiary/aromatic N) is 2. The molecule has 0 aromatic heterocycles. The Morgan fingerprint density at radius 3 is 1.63 bits per heavy atom. The molecule has 0 heterocycles. The van der Waals surface area contributed by atoms with Crippen molar-refractivity contribution < 1.29 is 0 Å². The Balaban J connectivity index is 1.38. The molecule has 5 unspecified atom stereocenters. The predicted octanol–water partition coefficient (Wildman–Crippen LogP) is 11.0. The van der Waals surface area contributed by atoms with E-state index < -0.39 is 0 Å². The number of hydrogen-bond donors (Lipinski definition) is 0. The summed E-state index contributed by atoms with van der Waals surface area (Å²) in [5.74, 6) is 1.32. The van der Waals surface area contributed by atoms with E-state index in [1.165, 1.54) is 49.5 Å². The minimum Gasteiger partial charge on any atom is -0.333 e. The number of fused-ring (bicyclic) bond motifs is 2. The molecule has 7 aliphatic carbocycles. The second-order valence-corrected chi connectivity index (χ2v) is 15.2. The van der Waals surface area contributed by atoms with Gasteiger partial charge in [-0.2, -0.15) is 0 Å². The maximum Gasteiger partial charge on any atom is 0.0574 e. The summed E-state index contributed by atoms with van der Waals surface area (Å²) in [7, 11) is 0. The second kappa shape index (κ2) is 14.9. The minimum absolute atomic E-state index is 0.237. The minimum atomic E-state index is 0.237. The first kappa shape index (κ1) is 32.8. The van der Waals surface area contributed by atoms with E-state index in [9.17, 15) is 0 Å². The molecule has 0 N–H and O–H groups in total. The van der Waals surface area contributed by atoms with Crippen molar-refractivity contribution in [2.75, 3.05) is 9.80 Å². The lowest BCUT2D eigenvalue weighted by Gasteiger charge is -2.40. The van der Waals surface area contributed by atoms with E-state index >= 15 is 0 Å². The van der Waals surface area contributed by atoms with Crippen LogP contribution in [0.2, 0.25) is 0 Å². The summed E-state index contributed by atoms with van der Waals surface area (Å²) in [6, 6.07) is 7.96. The fraction of sp³-hybridized carbons (Fsp3) is 0.280. The molecule has 0 aliphatic heterocycles. The van der Waals surface area contributed by atoms with Crippen LogP contribution >= 0.6 is 0 Å². The zero-order chi connectivity index (χ0) is 34.7. The first-order valence-corrected chi connectivity index (χ1v) is 19.8. The number of anilines is 2. The molecule has 7 aliphatic rings. The van der Waals surface area contributed by atoms with E-state index in [0.29, 0.717) is 17.8 Å². The standard InChI is InChI=1S/C50H50N2/c1-7-19-37(20-8-1)39-31-33-45-47(35-39)49(51(41-23-11-3-12-24-41)42-25-13-4-14-26-42)46-34-32-40(38-21-9-2-10-22-38)36-48(46)50(45)52(43-27-15-5-16-28-43)44-29-17-6-18-30-44/h1-3,5,7-13,15-17,19,21,23,25-27,29-31,33-38,40-41,43H,4,6,14,18,20,22,24,28,32H2. The van der Waals surface area contributed by atoms with Crippen LogP contribution in [0.1, 0.15) is 69.3 Å². The molecule has 5 atom stereocenters. The first-order chi connectivity index (χ1) is 25.8. The van der Waals surface area contributed by atoms with E-state index in [4.69, 9.17) is 0 Å². The molecule has 2 aromatic carbocycles. The van der Waals surface area contributed by atoms with Crippen LogP contribution in [-0.4, -0.2) is 12.1 Å². The van der Waals surface area contributed by atoms with Crippen molar-refractivity contribution in [3.05, 3.63) is 179 Å². The van der Waals surface area contributed by atoms with Crippen LogP contribution in [0.3, 0.4) is 0 Å². The summed E-state index contributed by atoms with van der Waals surface area (Å²) in [5, 5.41) is 5.51. The Hall–Kier alpha value is -5.08. The summed E-state index contributed by atoms with van der Waals surface area (Å²) < 4.78 is 0. The van der Waals surface area contributed by atoms with Gasteiger partial charge in [-0.25, -0.2) is 0 Å². The van der Waals surface area contributed by atoms with Crippen molar-refractivity contribution in [1.29, 1.82) is 0 Å². The highest BCUT2D eigenvalue weighted by Gasteiger charge is 2.31. The number of rotatable bonds is 8. The second-order valence-electron chi connectivity index (χ2n) is 15.2. The van der Waals surface area contributed by atoms with Crippen LogP contribution in [0.4, 0.5) is 11.4 Å². The van der Waals surface area contributed by atoms with Crippen molar-refractivity contribution in [1.82, 2.24) is 0 Å². The lowest BCUT2D eigenvalue weighted by molar-refractivity contribution is 0.509. The third-order valence-corrected chi connectivity index (χ3v) is 11.9. The Morgan fingerprint density at radius 1 is 0.462 bits per heavy atom. The lowest BCUT2D eigenvalue weighted by Crippen LogP contribution is -2.46. The monoisotopic (exact) mass is 678 g/mol. The molecule has 0 fully saturated rings.